The monoisotopic (exact) mass is 353 g/mol. The van der Waals surface area contributed by atoms with Crippen molar-refractivity contribution >= 4 is 33.8 Å². The Bertz CT molecular complexity index is 800. The molecule has 0 radical (unpaired) electrons. The predicted octanol–water partition coefficient (Wildman–Crippen LogP) is 2.02. The van der Waals surface area contributed by atoms with Gasteiger partial charge in [-0.25, -0.2) is 0 Å². The number of aromatic nitrogens is 2. The molecule has 108 valence electrons. The minimum Gasteiger partial charge on any atom is -0.507 e. The van der Waals surface area contributed by atoms with E-state index in [-0.39, 0.29) is 11.6 Å². The highest BCUT2D eigenvalue weighted by atomic mass is 79.9. The maximum Gasteiger partial charge on any atom is 0.395 e. The molecule has 1 aromatic carbocycles. The van der Waals surface area contributed by atoms with Crippen LogP contribution in [-0.2, 0) is 0 Å². The molecule has 0 bridgehead atoms. The molecule has 2 aromatic rings. The van der Waals surface area contributed by atoms with Crippen molar-refractivity contribution in [1.29, 1.82) is 0 Å². The Morgan fingerprint density at radius 2 is 2.05 bits per heavy atom. The van der Waals surface area contributed by atoms with Gasteiger partial charge in [0.25, 0.3) is 5.88 Å². The van der Waals surface area contributed by atoms with Gasteiger partial charge in [0.15, 0.2) is 0 Å². The zero-order valence-electron chi connectivity index (χ0n) is 10.3. The third-order valence-corrected chi connectivity index (χ3v) is 2.98. The molecule has 3 N–H and O–H groups in total. The number of halogens is 1. The van der Waals surface area contributed by atoms with Crippen molar-refractivity contribution in [3.63, 3.8) is 0 Å². The number of hydrogen-bond acceptors (Lipinski definition) is 6. The van der Waals surface area contributed by atoms with Crippen LogP contribution in [0.5, 0.6) is 11.6 Å². The molecular formula is C12H8BrN3O5. The second-order valence-corrected chi connectivity index (χ2v) is 4.83. The molecule has 1 heterocycles. The summed E-state index contributed by atoms with van der Waals surface area (Å²) in [7, 11) is 0. The van der Waals surface area contributed by atoms with Crippen LogP contribution in [0.2, 0.25) is 0 Å². The van der Waals surface area contributed by atoms with Gasteiger partial charge >= 0.3 is 11.2 Å². The lowest BCUT2D eigenvalue weighted by molar-refractivity contribution is -0.387. The summed E-state index contributed by atoms with van der Waals surface area (Å²) in [4.78, 5) is 26.6. The lowest BCUT2D eigenvalue weighted by Crippen LogP contribution is -2.14. The first-order valence-electron chi connectivity index (χ1n) is 5.53. The zero-order chi connectivity index (χ0) is 15.6. The summed E-state index contributed by atoms with van der Waals surface area (Å²) in [6, 6.07) is 4.73. The Morgan fingerprint density at radius 3 is 2.67 bits per heavy atom. The van der Waals surface area contributed by atoms with E-state index in [1.807, 2.05) is 0 Å². The van der Waals surface area contributed by atoms with Crippen molar-refractivity contribution in [1.82, 2.24) is 9.97 Å². The Balaban J connectivity index is 2.40. The molecule has 0 spiro atoms. The minimum absolute atomic E-state index is 0.00271. The van der Waals surface area contributed by atoms with Gasteiger partial charge in [0.05, 0.1) is 4.92 Å². The van der Waals surface area contributed by atoms with E-state index in [0.717, 1.165) is 4.47 Å². The van der Waals surface area contributed by atoms with Crippen LogP contribution in [0.25, 0.3) is 12.2 Å². The fraction of sp³-hybridized carbons (Fsp3) is 0. The van der Waals surface area contributed by atoms with Gasteiger partial charge in [-0.2, -0.15) is 4.98 Å². The number of aromatic hydroxyl groups is 2. The van der Waals surface area contributed by atoms with E-state index in [2.05, 4.69) is 25.9 Å². The van der Waals surface area contributed by atoms with E-state index in [1.165, 1.54) is 18.2 Å². The Labute approximate surface area is 125 Å². The number of rotatable bonds is 3. The van der Waals surface area contributed by atoms with Crippen LogP contribution in [0.1, 0.15) is 11.4 Å². The fourth-order valence-electron chi connectivity index (χ4n) is 1.54. The van der Waals surface area contributed by atoms with Crippen molar-refractivity contribution in [2.75, 3.05) is 0 Å². The molecule has 8 nitrogen and oxygen atoms in total. The molecule has 9 heteroatoms. The van der Waals surface area contributed by atoms with Gasteiger partial charge in [0.2, 0.25) is 0 Å². The number of nitro groups is 1. The molecule has 0 fully saturated rings. The van der Waals surface area contributed by atoms with Gasteiger partial charge < -0.3 is 15.2 Å². The van der Waals surface area contributed by atoms with Crippen LogP contribution in [0, 0.1) is 10.1 Å². The topological polar surface area (TPSA) is 129 Å². The summed E-state index contributed by atoms with van der Waals surface area (Å²) in [5.41, 5.74) is -1.65. The zero-order valence-corrected chi connectivity index (χ0v) is 11.9. The normalized spacial score (nSPS) is 10.9. The molecule has 0 aliphatic carbocycles. The summed E-state index contributed by atoms with van der Waals surface area (Å²) in [5.74, 6) is -1.05. The summed E-state index contributed by atoms with van der Waals surface area (Å²) < 4.78 is 0.730. The number of H-pyrrole nitrogens is 1. The lowest BCUT2D eigenvalue weighted by Gasteiger charge is -2.00. The van der Waals surface area contributed by atoms with Crippen molar-refractivity contribution in [2.45, 2.75) is 0 Å². The highest BCUT2D eigenvalue weighted by Gasteiger charge is 2.21. The number of hydrogen-bond donors (Lipinski definition) is 3. The summed E-state index contributed by atoms with van der Waals surface area (Å²) in [6.07, 6.45) is 2.73. The van der Waals surface area contributed by atoms with Crippen LogP contribution >= 0.6 is 15.9 Å². The van der Waals surface area contributed by atoms with Crippen LogP contribution in [0.3, 0.4) is 0 Å². The van der Waals surface area contributed by atoms with Crippen molar-refractivity contribution in [2.24, 2.45) is 0 Å². The number of phenols is 1. The van der Waals surface area contributed by atoms with Gasteiger partial charge in [-0.05, 0) is 30.4 Å². The summed E-state index contributed by atoms with van der Waals surface area (Å²) in [6.45, 7) is 0. The minimum atomic E-state index is -1.06. The van der Waals surface area contributed by atoms with Gasteiger partial charge in [0.1, 0.15) is 11.6 Å². The third-order valence-electron chi connectivity index (χ3n) is 2.49. The first-order chi connectivity index (χ1) is 9.88. The summed E-state index contributed by atoms with van der Waals surface area (Å²) >= 11 is 3.24. The highest BCUT2D eigenvalue weighted by Crippen LogP contribution is 2.24. The van der Waals surface area contributed by atoms with E-state index in [4.69, 9.17) is 0 Å². The van der Waals surface area contributed by atoms with E-state index in [9.17, 15) is 25.1 Å². The molecule has 0 saturated carbocycles. The van der Waals surface area contributed by atoms with E-state index in [1.54, 1.807) is 12.1 Å². The van der Waals surface area contributed by atoms with Crippen LogP contribution in [0.4, 0.5) is 5.69 Å². The Morgan fingerprint density at radius 1 is 1.33 bits per heavy atom. The first-order valence-corrected chi connectivity index (χ1v) is 6.32. The number of benzene rings is 1. The number of phenolic OH excluding ortho intramolecular Hbond substituents is 1. The average Bonchev–Trinajstić information content (AvgIpc) is 2.38. The van der Waals surface area contributed by atoms with Crippen LogP contribution in [-0.4, -0.2) is 25.1 Å². The van der Waals surface area contributed by atoms with Crippen molar-refractivity contribution in [3.8, 4) is 11.6 Å². The van der Waals surface area contributed by atoms with Crippen molar-refractivity contribution < 1.29 is 15.1 Å². The molecule has 1 aromatic heterocycles. The molecular weight excluding hydrogens is 346 g/mol. The van der Waals surface area contributed by atoms with Gasteiger partial charge in [-0.3, -0.25) is 14.9 Å². The molecule has 21 heavy (non-hydrogen) atoms. The van der Waals surface area contributed by atoms with Crippen molar-refractivity contribution in [3.05, 3.63) is 54.5 Å². The number of nitrogens with one attached hydrogen (secondary N) is 1. The SMILES string of the molecule is O=c1[nH]c(C=Cc2cc(Br)ccc2O)nc(O)c1[N+](=O)[O-]. The van der Waals surface area contributed by atoms with E-state index < -0.39 is 22.0 Å². The number of nitrogens with zero attached hydrogens (tertiary/aromatic N) is 2. The van der Waals surface area contributed by atoms with Crippen LogP contribution < -0.4 is 5.56 Å². The molecule has 0 aliphatic rings. The predicted molar refractivity (Wildman–Crippen MR) is 77.9 cm³/mol. The third kappa shape index (κ3) is 3.26. The molecule has 0 aliphatic heterocycles. The van der Waals surface area contributed by atoms with Gasteiger partial charge in [-0.1, -0.05) is 15.9 Å². The van der Waals surface area contributed by atoms with E-state index >= 15 is 0 Å². The first kappa shape index (κ1) is 14.7. The second-order valence-electron chi connectivity index (χ2n) is 3.92. The molecule has 0 saturated heterocycles. The van der Waals surface area contributed by atoms with Gasteiger partial charge in [-0.15, -0.1) is 0 Å². The highest BCUT2D eigenvalue weighted by molar-refractivity contribution is 9.10. The summed E-state index contributed by atoms with van der Waals surface area (Å²) in [5, 5.41) is 29.6. The lowest BCUT2D eigenvalue weighted by atomic mass is 10.2. The largest absolute Gasteiger partial charge is 0.507 e. The maximum absolute atomic E-state index is 11.4. The van der Waals surface area contributed by atoms with E-state index in [0.29, 0.717) is 5.56 Å². The quantitative estimate of drug-likeness (QED) is 0.571. The molecule has 0 amide bonds. The van der Waals surface area contributed by atoms with Gasteiger partial charge in [0, 0.05) is 10.0 Å². The Hall–Kier alpha value is -2.68. The molecule has 0 unspecified atom stereocenters. The fourth-order valence-corrected chi connectivity index (χ4v) is 1.92. The number of aromatic amines is 1. The smallest absolute Gasteiger partial charge is 0.395 e. The maximum atomic E-state index is 11.4. The average molecular weight is 354 g/mol. The Kier molecular flexibility index (Phi) is 4.03. The second kappa shape index (κ2) is 5.75. The molecule has 2 rings (SSSR count). The van der Waals surface area contributed by atoms with Crippen LogP contribution in [0.15, 0.2) is 27.5 Å². The standard InChI is InChI=1S/C12H8BrN3O5/c13-7-2-3-8(17)6(5-7)1-4-9-14-11(18)10(16(20)21)12(19)15-9/h1-5,17H,(H2,14,15,18,19). The molecule has 0 atom stereocenters.